The summed E-state index contributed by atoms with van der Waals surface area (Å²) in [6, 6.07) is 6.06. The molecule has 0 unspecified atom stereocenters. The molecular formula is C16H20ClF2N5O2. The van der Waals surface area contributed by atoms with Gasteiger partial charge in [0.25, 0.3) is 5.91 Å². The number of aromatic nitrogens is 3. The Bertz CT molecular complexity index is 733. The van der Waals surface area contributed by atoms with Crippen molar-refractivity contribution in [2.24, 2.45) is 0 Å². The summed E-state index contributed by atoms with van der Waals surface area (Å²) in [7, 11) is 0. The molecule has 1 aliphatic heterocycles. The smallest absolute Gasteiger partial charge is 0.387 e. The number of hydrogen-bond donors (Lipinski definition) is 2. The van der Waals surface area contributed by atoms with E-state index < -0.39 is 6.61 Å². The van der Waals surface area contributed by atoms with E-state index in [9.17, 15) is 13.6 Å². The van der Waals surface area contributed by atoms with Gasteiger partial charge in [-0.1, -0.05) is 5.21 Å². The van der Waals surface area contributed by atoms with Gasteiger partial charge in [0.2, 0.25) is 0 Å². The Kier molecular flexibility index (Phi) is 6.87. The summed E-state index contributed by atoms with van der Waals surface area (Å²) in [5, 5.41) is 14.1. The van der Waals surface area contributed by atoms with Crippen LogP contribution in [0.15, 0.2) is 24.3 Å². The van der Waals surface area contributed by atoms with Crippen LogP contribution in [0.4, 0.5) is 8.78 Å². The molecule has 1 saturated heterocycles. The number of ether oxygens (including phenoxy) is 1. The standard InChI is InChI=1S/C16H19F2N5O2.ClH/c1-10-14(15(24)20-11-3-2-8-19-9-11)21-22-23(10)12-4-6-13(7-5-12)25-16(17)18;/h4-7,11,16,19H,2-3,8-9H2,1H3,(H,20,24);1H/t11-;/m0./s1. The van der Waals surface area contributed by atoms with E-state index in [1.807, 2.05) is 0 Å². The molecule has 2 N–H and O–H groups in total. The summed E-state index contributed by atoms with van der Waals surface area (Å²) in [6.45, 7) is 0.568. The predicted molar refractivity (Wildman–Crippen MR) is 93.3 cm³/mol. The first-order chi connectivity index (χ1) is 12.0. The van der Waals surface area contributed by atoms with Crippen LogP contribution < -0.4 is 15.4 Å². The van der Waals surface area contributed by atoms with Crippen LogP contribution in [-0.4, -0.2) is 46.6 Å². The molecule has 1 atom stereocenters. The number of amides is 1. The summed E-state index contributed by atoms with van der Waals surface area (Å²) in [4.78, 5) is 12.4. The molecule has 0 saturated carbocycles. The van der Waals surface area contributed by atoms with Crippen LogP contribution in [0.3, 0.4) is 0 Å². The van der Waals surface area contributed by atoms with E-state index in [0.29, 0.717) is 11.4 Å². The number of rotatable bonds is 5. The first-order valence-corrected chi connectivity index (χ1v) is 8.03. The maximum Gasteiger partial charge on any atom is 0.387 e. The Morgan fingerprint density at radius 3 is 2.73 bits per heavy atom. The summed E-state index contributed by atoms with van der Waals surface area (Å²) >= 11 is 0. The number of nitrogens with one attached hydrogen (secondary N) is 2. The van der Waals surface area contributed by atoms with Crippen LogP contribution in [0.2, 0.25) is 0 Å². The molecule has 2 heterocycles. The maximum absolute atomic E-state index is 12.4. The summed E-state index contributed by atoms with van der Waals surface area (Å²) in [6.07, 6.45) is 1.95. The van der Waals surface area contributed by atoms with Crippen molar-refractivity contribution in [3.8, 4) is 11.4 Å². The molecule has 0 radical (unpaired) electrons. The first kappa shape index (κ1) is 20.1. The number of carbonyl (C=O) groups excluding carboxylic acids is 1. The van der Waals surface area contributed by atoms with Crippen molar-refractivity contribution in [2.75, 3.05) is 13.1 Å². The van der Waals surface area contributed by atoms with Crippen LogP contribution in [-0.2, 0) is 0 Å². The molecule has 1 aromatic carbocycles. The van der Waals surface area contributed by atoms with Crippen LogP contribution in [0.5, 0.6) is 5.75 Å². The number of piperidine rings is 1. The molecule has 10 heteroatoms. The van der Waals surface area contributed by atoms with Gasteiger partial charge in [-0.05, 0) is 50.6 Å². The van der Waals surface area contributed by atoms with Crippen molar-refractivity contribution >= 4 is 18.3 Å². The summed E-state index contributed by atoms with van der Waals surface area (Å²) < 4.78 is 30.2. The molecule has 0 spiro atoms. The third kappa shape index (κ3) is 4.67. The molecule has 1 amide bonds. The number of nitrogens with zero attached hydrogens (tertiary/aromatic N) is 3. The third-order valence-corrected chi connectivity index (χ3v) is 4.05. The quantitative estimate of drug-likeness (QED) is 0.821. The molecule has 1 aromatic heterocycles. The molecular weight excluding hydrogens is 368 g/mol. The Labute approximate surface area is 155 Å². The van der Waals surface area contributed by atoms with Crippen LogP contribution in [0.1, 0.15) is 29.0 Å². The Morgan fingerprint density at radius 1 is 1.38 bits per heavy atom. The fraction of sp³-hybridized carbons (Fsp3) is 0.438. The minimum absolute atomic E-state index is 0. The topological polar surface area (TPSA) is 81.1 Å². The highest BCUT2D eigenvalue weighted by Gasteiger charge is 2.21. The summed E-state index contributed by atoms with van der Waals surface area (Å²) in [5.74, 6) is -0.214. The molecule has 7 nitrogen and oxygen atoms in total. The zero-order chi connectivity index (χ0) is 17.8. The third-order valence-electron chi connectivity index (χ3n) is 4.05. The van der Waals surface area contributed by atoms with E-state index in [1.54, 1.807) is 19.1 Å². The molecule has 142 valence electrons. The minimum Gasteiger partial charge on any atom is -0.435 e. The van der Waals surface area contributed by atoms with E-state index in [-0.39, 0.29) is 35.8 Å². The lowest BCUT2D eigenvalue weighted by Crippen LogP contribution is -2.45. The molecule has 1 fully saturated rings. The van der Waals surface area contributed by atoms with Gasteiger partial charge in [-0.15, -0.1) is 17.5 Å². The zero-order valence-corrected chi connectivity index (χ0v) is 14.9. The first-order valence-electron chi connectivity index (χ1n) is 8.03. The van der Waals surface area contributed by atoms with Crippen LogP contribution in [0, 0.1) is 6.92 Å². The Hall–Kier alpha value is -2.26. The lowest BCUT2D eigenvalue weighted by Gasteiger charge is -2.23. The van der Waals surface area contributed by atoms with E-state index in [2.05, 4.69) is 25.7 Å². The molecule has 3 rings (SSSR count). The highest BCUT2D eigenvalue weighted by atomic mass is 35.5. The predicted octanol–water partition coefficient (Wildman–Crippen LogP) is 2.08. The van der Waals surface area contributed by atoms with Gasteiger partial charge in [0.05, 0.1) is 11.4 Å². The van der Waals surface area contributed by atoms with Crippen molar-refractivity contribution in [3.63, 3.8) is 0 Å². The monoisotopic (exact) mass is 387 g/mol. The number of halogens is 3. The SMILES string of the molecule is Cc1c(C(=O)N[C@H]2CCCNC2)nnn1-c1ccc(OC(F)F)cc1.Cl. The average Bonchev–Trinajstić information content (AvgIpc) is 2.98. The van der Waals surface area contributed by atoms with Gasteiger partial charge in [0, 0.05) is 12.6 Å². The average molecular weight is 388 g/mol. The molecule has 1 aliphatic rings. The minimum atomic E-state index is -2.87. The second-order valence-electron chi connectivity index (χ2n) is 5.82. The number of alkyl halides is 2. The molecule has 26 heavy (non-hydrogen) atoms. The van der Waals surface area contributed by atoms with E-state index in [4.69, 9.17) is 0 Å². The maximum atomic E-state index is 12.4. The van der Waals surface area contributed by atoms with Gasteiger partial charge in [0.1, 0.15) is 5.75 Å². The van der Waals surface area contributed by atoms with Crippen molar-refractivity contribution in [1.82, 2.24) is 25.6 Å². The lowest BCUT2D eigenvalue weighted by molar-refractivity contribution is -0.0498. The molecule has 2 aromatic rings. The second kappa shape index (κ2) is 8.91. The molecule has 0 bridgehead atoms. The fourth-order valence-corrected chi connectivity index (χ4v) is 2.78. The van der Waals surface area contributed by atoms with Crippen LogP contribution in [0.25, 0.3) is 5.69 Å². The highest BCUT2D eigenvalue weighted by molar-refractivity contribution is 5.93. The Balaban J connectivity index is 0.00000243. The Morgan fingerprint density at radius 2 is 2.12 bits per heavy atom. The van der Waals surface area contributed by atoms with Crippen molar-refractivity contribution < 1.29 is 18.3 Å². The van der Waals surface area contributed by atoms with E-state index >= 15 is 0 Å². The largest absolute Gasteiger partial charge is 0.435 e. The van der Waals surface area contributed by atoms with Gasteiger partial charge < -0.3 is 15.4 Å². The highest BCUT2D eigenvalue weighted by Crippen LogP contribution is 2.18. The number of hydrogen-bond acceptors (Lipinski definition) is 5. The van der Waals surface area contributed by atoms with Crippen molar-refractivity contribution in [2.45, 2.75) is 32.4 Å². The lowest BCUT2D eigenvalue weighted by atomic mass is 10.1. The number of benzene rings is 1. The van der Waals surface area contributed by atoms with E-state index in [1.165, 1.54) is 16.8 Å². The zero-order valence-electron chi connectivity index (χ0n) is 14.1. The van der Waals surface area contributed by atoms with Crippen molar-refractivity contribution in [3.05, 3.63) is 35.7 Å². The van der Waals surface area contributed by atoms with Crippen LogP contribution >= 0.6 is 12.4 Å². The van der Waals surface area contributed by atoms with Gasteiger partial charge in [0.15, 0.2) is 5.69 Å². The number of carbonyl (C=O) groups is 1. The fourth-order valence-electron chi connectivity index (χ4n) is 2.78. The van der Waals surface area contributed by atoms with Crippen molar-refractivity contribution in [1.29, 1.82) is 0 Å². The second-order valence-corrected chi connectivity index (χ2v) is 5.82. The van der Waals surface area contributed by atoms with Gasteiger partial charge in [-0.3, -0.25) is 4.79 Å². The van der Waals surface area contributed by atoms with Gasteiger partial charge >= 0.3 is 6.61 Å². The van der Waals surface area contributed by atoms with Gasteiger partial charge in [-0.2, -0.15) is 8.78 Å². The molecule has 0 aliphatic carbocycles. The summed E-state index contributed by atoms with van der Waals surface area (Å²) in [5.41, 5.74) is 1.42. The normalized spacial score (nSPS) is 16.8. The van der Waals surface area contributed by atoms with Gasteiger partial charge in [-0.25, -0.2) is 4.68 Å². The van der Waals surface area contributed by atoms with E-state index in [0.717, 1.165) is 25.9 Å².